The maximum atomic E-state index is 12.9. The largest absolute Gasteiger partial charge is 0.477 e. The monoisotopic (exact) mass is 424 g/mol. The Balaban J connectivity index is 1.47. The highest BCUT2D eigenvalue weighted by Crippen LogP contribution is 2.34. The van der Waals surface area contributed by atoms with Gasteiger partial charge in [-0.1, -0.05) is 41.1 Å². The molecule has 2 N–H and O–H groups in total. The number of hydrogen-bond acceptors (Lipinski definition) is 7. The summed E-state index contributed by atoms with van der Waals surface area (Å²) in [6.45, 7) is 4.06. The van der Waals surface area contributed by atoms with Crippen LogP contribution in [-0.2, 0) is 9.59 Å². The summed E-state index contributed by atoms with van der Waals surface area (Å²) in [5, 5.41) is 8.42. The number of carbonyl (C=O) groups excluding carboxylic acids is 2. The zero-order valence-electron chi connectivity index (χ0n) is 16.5. The number of fused-ring (bicyclic) bond motifs is 1. The molecule has 1 aliphatic heterocycles. The predicted molar refractivity (Wildman–Crippen MR) is 112 cm³/mol. The Labute approximate surface area is 177 Å². The average Bonchev–Trinajstić information content (AvgIpc) is 3.19. The van der Waals surface area contributed by atoms with Crippen molar-refractivity contribution in [3.63, 3.8) is 0 Å². The van der Waals surface area contributed by atoms with E-state index >= 15 is 0 Å². The van der Waals surface area contributed by atoms with E-state index in [2.05, 4.69) is 16.3 Å². The van der Waals surface area contributed by atoms with Crippen molar-refractivity contribution in [2.75, 3.05) is 17.2 Å². The van der Waals surface area contributed by atoms with Crippen LogP contribution in [0.2, 0.25) is 0 Å². The number of aromatic nitrogens is 2. The number of para-hydroxylation sites is 2. The number of thioether (sulfide) groups is 1. The number of hydrogen-bond donors (Lipinski definition) is 1. The van der Waals surface area contributed by atoms with E-state index in [-0.39, 0.29) is 18.2 Å². The molecule has 1 atom stereocenters. The van der Waals surface area contributed by atoms with Gasteiger partial charge in [-0.2, -0.15) is 0 Å². The van der Waals surface area contributed by atoms with Gasteiger partial charge < -0.3 is 19.8 Å². The topological polar surface area (TPSA) is 112 Å². The van der Waals surface area contributed by atoms with Crippen LogP contribution in [0.25, 0.3) is 11.5 Å². The van der Waals surface area contributed by atoms with E-state index in [4.69, 9.17) is 14.9 Å². The molecule has 2 heterocycles. The van der Waals surface area contributed by atoms with E-state index < -0.39 is 12.0 Å². The van der Waals surface area contributed by atoms with Crippen LogP contribution < -0.4 is 15.4 Å². The summed E-state index contributed by atoms with van der Waals surface area (Å²) in [5.41, 5.74) is 9.03. The van der Waals surface area contributed by atoms with Gasteiger partial charge >= 0.3 is 0 Å². The van der Waals surface area contributed by atoms with Gasteiger partial charge in [0.05, 0.1) is 18.0 Å². The molecule has 4 rings (SSSR count). The summed E-state index contributed by atoms with van der Waals surface area (Å²) >= 11 is 1.14. The lowest BCUT2D eigenvalue weighted by Crippen LogP contribution is -2.49. The molecule has 30 heavy (non-hydrogen) atoms. The quantitative estimate of drug-likeness (QED) is 0.627. The zero-order chi connectivity index (χ0) is 21.3. The lowest BCUT2D eigenvalue weighted by Gasteiger charge is -2.33. The molecule has 0 spiro atoms. The fourth-order valence-electron chi connectivity index (χ4n) is 3.30. The van der Waals surface area contributed by atoms with Crippen LogP contribution in [0, 0.1) is 13.8 Å². The first-order valence-corrected chi connectivity index (χ1v) is 10.3. The second-order valence-corrected chi connectivity index (χ2v) is 7.95. The molecule has 0 radical (unpaired) electrons. The minimum Gasteiger partial charge on any atom is -0.477 e. The first-order valence-electron chi connectivity index (χ1n) is 9.31. The molecule has 3 aromatic rings. The second kappa shape index (κ2) is 8.19. The van der Waals surface area contributed by atoms with E-state index in [0.29, 0.717) is 22.6 Å². The Bertz CT molecular complexity index is 1090. The van der Waals surface area contributed by atoms with Crippen LogP contribution in [0.5, 0.6) is 5.75 Å². The Hall–Kier alpha value is -3.33. The number of anilines is 1. The highest BCUT2D eigenvalue weighted by molar-refractivity contribution is 7.99. The van der Waals surface area contributed by atoms with E-state index in [1.807, 2.05) is 26.0 Å². The molecule has 2 aromatic carbocycles. The van der Waals surface area contributed by atoms with Gasteiger partial charge in [0.1, 0.15) is 5.75 Å². The van der Waals surface area contributed by atoms with Gasteiger partial charge in [0.25, 0.3) is 11.1 Å². The third kappa shape index (κ3) is 4.16. The molecule has 0 unspecified atom stereocenters. The van der Waals surface area contributed by atoms with Crippen LogP contribution in [-0.4, -0.2) is 40.4 Å². The van der Waals surface area contributed by atoms with Crippen molar-refractivity contribution in [1.29, 1.82) is 0 Å². The molecule has 0 bridgehead atoms. The summed E-state index contributed by atoms with van der Waals surface area (Å²) in [4.78, 5) is 26.0. The SMILES string of the molecule is Cc1cc(C)cc(-c2nnc(SCC(=O)N3C[C@@H](C(N)=O)Oc4ccccc43)o2)c1. The molecule has 154 valence electrons. The maximum Gasteiger partial charge on any atom is 0.277 e. The van der Waals surface area contributed by atoms with Crippen LogP contribution in [0.4, 0.5) is 5.69 Å². The first kappa shape index (κ1) is 20.0. The number of benzene rings is 2. The van der Waals surface area contributed by atoms with Gasteiger partial charge in [-0.15, -0.1) is 10.2 Å². The number of amides is 2. The van der Waals surface area contributed by atoms with Crippen molar-refractivity contribution < 1.29 is 18.7 Å². The summed E-state index contributed by atoms with van der Waals surface area (Å²) in [6, 6.07) is 13.0. The first-order chi connectivity index (χ1) is 14.4. The average molecular weight is 424 g/mol. The Kier molecular flexibility index (Phi) is 5.45. The smallest absolute Gasteiger partial charge is 0.277 e. The van der Waals surface area contributed by atoms with Crippen LogP contribution in [0.15, 0.2) is 52.1 Å². The Morgan fingerprint density at radius 2 is 1.90 bits per heavy atom. The standard InChI is InChI=1S/C21H20N4O4S/c1-12-7-13(2)9-14(8-12)20-23-24-21(29-20)30-11-18(26)25-10-17(19(22)27)28-16-6-4-3-5-15(16)25/h3-9,17H,10-11H2,1-2H3,(H2,22,27)/t17-/m0/s1. The van der Waals surface area contributed by atoms with Crippen molar-refractivity contribution in [2.24, 2.45) is 5.73 Å². The number of aryl methyl sites for hydroxylation is 2. The van der Waals surface area contributed by atoms with Gasteiger partial charge in [0.15, 0.2) is 6.10 Å². The maximum absolute atomic E-state index is 12.9. The van der Waals surface area contributed by atoms with Crippen molar-refractivity contribution in [3.05, 3.63) is 53.6 Å². The van der Waals surface area contributed by atoms with Gasteiger partial charge in [-0.05, 0) is 38.1 Å². The molecule has 2 amide bonds. The van der Waals surface area contributed by atoms with Crippen molar-refractivity contribution in [2.45, 2.75) is 25.2 Å². The molecule has 0 saturated heterocycles. The highest BCUT2D eigenvalue weighted by atomic mass is 32.2. The molecule has 9 heteroatoms. The van der Waals surface area contributed by atoms with Gasteiger partial charge in [0.2, 0.25) is 11.8 Å². The number of rotatable bonds is 5. The van der Waals surface area contributed by atoms with Crippen molar-refractivity contribution in [3.8, 4) is 17.2 Å². The summed E-state index contributed by atoms with van der Waals surface area (Å²) in [6.07, 6.45) is -0.895. The zero-order valence-corrected chi connectivity index (χ0v) is 17.3. The molecule has 0 aliphatic carbocycles. The lowest BCUT2D eigenvalue weighted by atomic mass is 10.1. The molecule has 0 saturated carbocycles. The number of primary amides is 1. The normalized spacial score (nSPS) is 15.4. The van der Waals surface area contributed by atoms with Gasteiger partial charge in [0, 0.05) is 5.56 Å². The highest BCUT2D eigenvalue weighted by Gasteiger charge is 2.32. The fraction of sp³-hybridized carbons (Fsp3) is 0.238. The lowest BCUT2D eigenvalue weighted by molar-refractivity contribution is -0.125. The Morgan fingerprint density at radius 1 is 1.17 bits per heavy atom. The number of ether oxygens (including phenoxy) is 1. The van der Waals surface area contributed by atoms with Crippen molar-refractivity contribution in [1.82, 2.24) is 10.2 Å². The van der Waals surface area contributed by atoms with Crippen LogP contribution in [0.1, 0.15) is 11.1 Å². The number of nitrogens with zero attached hydrogens (tertiary/aromatic N) is 3. The van der Waals surface area contributed by atoms with E-state index in [1.54, 1.807) is 24.3 Å². The minimum atomic E-state index is -0.895. The van der Waals surface area contributed by atoms with E-state index in [1.165, 1.54) is 4.90 Å². The fourth-order valence-corrected chi connectivity index (χ4v) is 3.94. The predicted octanol–water partition coefficient (Wildman–Crippen LogP) is 2.73. The summed E-state index contributed by atoms with van der Waals surface area (Å²) in [5.74, 6) is 0.0787. The van der Waals surface area contributed by atoms with Gasteiger partial charge in [-0.3, -0.25) is 9.59 Å². The van der Waals surface area contributed by atoms with E-state index in [9.17, 15) is 9.59 Å². The number of nitrogens with two attached hydrogens (primary N) is 1. The third-order valence-corrected chi connectivity index (χ3v) is 5.39. The number of carbonyl (C=O) groups is 2. The summed E-state index contributed by atoms with van der Waals surface area (Å²) < 4.78 is 11.3. The van der Waals surface area contributed by atoms with Crippen LogP contribution in [0.3, 0.4) is 0 Å². The minimum absolute atomic E-state index is 0.0589. The Morgan fingerprint density at radius 3 is 2.63 bits per heavy atom. The summed E-state index contributed by atoms with van der Waals surface area (Å²) in [7, 11) is 0. The van der Waals surface area contributed by atoms with E-state index in [0.717, 1.165) is 28.5 Å². The third-order valence-electron chi connectivity index (χ3n) is 4.59. The van der Waals surface area contributed by atoms with Crippen molar-refractivity contribution >= 4 is 29.3 Å². The van der Waals surface area contributed by atoms with Crippen LogP contribution >= 0.6 is 11.8 Å². The molecule has 1 aliphatic rings. The molecule has 1 aromatic heterocycles. The second-order valence-electron chi connectivity index (χ2n) is 7.02. The molecule has 0 fully saturated rings. The molecule has 8 nitrogen and oxygen atoms in total. The molecular formula is C21H20N4O4S. The van der Waals surface area contributed by atoms with Gasteiger partial charge in [-0.25, -0.2) is 0 Å². The molecular weight excluding hydrogens is 404 g/mol.